The van der Waals surface area contributed by atoms with E-state index in [-0.39, 0.29) is 6.04 Å². The van der Waals surface area contributed by atoms with Crippen LogP contribution in [0.2, 0.25) is 0 Å². The van der Waals surface area contributed by atoms with Crippen molar-refractivity contribution in [2.75, 3.05) is 16.8 Å². The molecule has 0 spiro atoms. The molecule has 1 atom stereocenters. The van der Waals surface area contributed by atoms with Crippen molar-refractivity contribution in [1.29, 1.82) is 0 Å². The Kier molecular flexibility index (Phi) is 4.85. The third-order valence-electron chi connectivity index (χ3n) is 5.45. The van der Waals surface area contributed by atoms with Gasteiger partial charge in [-0.25, -0.2) is 4.98 Å². The van der Waals surface area contributed by atoms with Crippen molar-refractivity contribution in [3.63, 3.8) is 0 Å². The van der Waals surface area contributed by atoms with Gasteiger partial charge in [0, 0.05) is 53.6 Å². The minimum absolute atomic E-state index is 0.0421. The summed E-state index contributed by atoms with van der Waals surface area (Å²) in [6.45, 7) is 6.76. The monoisotopic (exact) mass is 416 g/mol. The first-order valence-electron chi connectivity index (χ1n) is 10.4. The summed E-state index contributed by atoms with van der Waals surface area (Å²) in [5, 5.41) is 14.7. The molecule has 2 N–H and O–H groups in total. The van der Waals surface area contributed by atoms with E-state index in [2.05, 4.69) is 30.6 Å². The second-order valence-corrected chi connectivity index (χ2v) is 7.86. The second kappa shape index (κ2) is 7.82. The Morgan fingerprint density at radius 2 is 2.03 bits per heavy atom. The molecule has 0 amide bonds. The zero-order valence-electron chi connectivity index (χ0n) is 17.8. The number of aromatic nitrogens is 6. The SMILES string of the molecule is Cc1cc(Nc2cc(C)[nH]n2)nc(N2CCCC2c2cc(-c3cccnc3C)no2)n1. The van der Waals surface area contributed by atoms with Gasteiger partial charge >= 0.3 is 0 Å². The molecule has 9 nitrogen and oxygen atoms in total. The van der Waals surface area contributed by atoms with Gasteiger partial charge in [0.1, 0.15) is 11.5 Å². The first kappa shape index (κ1) is 19.2. The van der Waals surface area contributed by atoms with Crippen LogP contribution in [0.15, 0.2) is 41.1 Å². The lowest BCUT2D eigenvalue weighted by Gasteiger charge is -2.23. The molecule has 9 heteroatoms. The predicted molar refractivity (Wildman–Crippen MR) is 117 cm³/mol. The predicted octanol–water partition coefficient (Wildman–Crippen LogP) is 4.26. The molecule has 0 bridgehead atoms. The highest BCUT2D eigenvalue weighted by molar-refractivity contribution is 5.61. The van der Waals surface area contributed by atoms with Crippen molar-refractivity contribution in [1.82, 2.24) is 30.3 Å². The van der Waals surface area contributed by atoms with Crippen LogP contribution in [0, 0.1) is 20.8 Å². The first-order chi connectivity index (χ1) is 15.1. The third-order valence-corrected chi connectivity index (χ3v) is 5.45. The van der Waals surface area contributed by atoms with Gasteiger partial charge in [-0.05, 0) is 45.7 Å². The third kappa shape index (κ3) is 3.86. The Labute approximate surface area is 179 Å². The Balaban J connectivity index is 1.42. The summed E-state index contributed by atoms with van der Waals surface area (Å²) in [6.07, 6.45) is 3.77. The summed E-state index contributed by atoms with van der Waals surface area (Å²) >= 11 is 0. The number of pyridine rings is 1. The smallest absolute Gasteiger partial charge is 0.228 e. The lowest BCUT2D eigenvalue weighted by Crippen LogP contribution is -2.25. The van der Waals surface area contributed by atoms with E-state index in [4.69, 9.17) is 14.5 Å². The zero-order valence-corrected chi connectivity index (χ0v) is 17.8. The average molecular weight is 416 g/mol. The molecule has 5 rings (SSSR count). The minimum atomic E-state index is 0.0421. The molecule has 1 fully saturated rings. The Morgan fingerprint density at radius 1 is 1.13 bits per heavy atom. The van der Waals surface area contributed by atoms with E-state index >= 15 is 0 Å². The minimum Gasteiger partial charge on any atom is -0.359 e. The van der Waals surface area contributed by atoms with Gasteiger partial charge < -0.3 is 14.7 Å². The molecule has 5 heterocycles. The Hall–Kier alpha value is -3.75. The molecule has 0 aromatic carbocycles. The Morgan fingerprint density at radius 3 is 2.84 bits per heavy atom. The molecule has 0 saturated carbocycles. The number of hydrogen-bond donors (Lipinski definition) is 2. The second-order valence-electron chi connectivity index (χ2n) is 7.86. The molecule has 4 aromatic heterocycles. The van der Waals surface area contributed by atoms with Crippen molar-refractivity contribution >= 4 is 17.6 Å². The standard InChI is InChI=1S/C22H24N8O/c1-13-10-20(25-21-11-14(2)27-28-21)26-22(24-13)30-9-5-7-18(30)19-12-17(29-31-19)16-6-4-8-23-15(16)3/h4,6,8,10-12,18H,5,7,9H2,1-3H3,(H2,24,25,26,27,28). The lowest BCUT2D eigenvalue weighted by molar-refractivity contribution is 0.362. The quantitative estimate of drug-likeness (QED) is 0.497. The van der Waals surface area contributed by atoms with Gasteiger partial charge in [0.15, 0.2) is 11.6 Å². The molecule has 4 aromatic rings. The van der Waals surface area contributed by atoms with Crippen LogP contribution in [0.3, 0.4) is 0 Å². The molecular formula is C22H24N8O. The van der Waals surface area contributed by atoms with Crippen LogP contribution in [0.5, 0.6) is 0 Å². The van der Waals surface area contributed by atoms with Gasteiger partial charge in [0.2, 0.25) is 5.95 Å². The number of rotatable bonds is 5. The van der Waals surface area contributed by atoms with E-state index in [0.29, 0.717) is 11.8 Å². The number of anilines is 3. The maximum atomic E-state index is 5.76. The topological polar surface area (TPSA) is 109 Å². The highest BCUT2D eigenvalue weighted by atomic mass is 16.5. The molecule has 31 heavy (non-hydrogen) atoms. The maximum absolute atomic E-state index is 5.76. The normalized spacial score (nSPS) is 16.1. The van der Waals surface area contributed by atoms with Gasteiger partial charge in [0.25, 0.3) is 0 Å². The summed E-state index contributed by atoms with van der Waals surface area (Å²) in [5.41, 5.74) is 4.58. The van der Waals surface area contributed by atoms with Gasteiger partial charge in [-0.3, -0.25) is 10.1 Å². The maximum Gasteiger partial charge on any atom is 0.228 e. The number of aromatic amines is 1. The van der Waals surface area contributed by atoms with Gasteiger partial charge in [0.05, 0.1) is 6.04 Å². The molecule has 1 aliphatic rings. The molecule has 0 aliphatic carbocycles. The van der Waals surface area contributed by atoms with E-state index in [1.54, 1.807) is 6.20 Å². The number of aryl methyl sites for hydroxylation is 3. The molecule has 1 unspecified atom stereocenters. The van der Waals surface area contributed by atoms with E-state index in [1.807, 2.05) is 51.1 Å². The Bertz CT molecular complexity index is 1210. The molecule has 0 radical (unpaired) electrons. The van der Waals surface area contributed by atoms with Crippen molar-refractivity contribution in [2.45, 2.75) is 39.7 Å². The van der Waals surface area contributed by atoms with E-state index in [9.17, 15) is 0 Å². The van der Waals surface area contributed by atoms with Crippen LogP contribution in [0.1, 0.15) is 41.7 Å². The molecule has 1 aliphatic heterocycles. The molecule has 1 saturated heterocycles. The molecular weight excluding hydrogens is 392 g/mol. The van der Waals surface area contributed by atoms with Crippen molar-refractivity contribution < 1.29 is 4.52 Å². The number of hydrogen-bond acceptors (Lipinski definition) is 8. The summed E-state index contributed by atoms with van der Waals surface area (Å²) in [7, 11) is 0. The van der Waals surface area contributed by atoms with Gasteiger partial charge in [-0.1, -0.05) is 5.16 Å². The van der Waals surface area contributed by atoms with Crippen LogP contribution in [0.4, 0.5) is 17.6 Å². The lowest BCUT2D eigenvalue weighted by atomic mass is 10.1. The van der Waals surface area contributed by atoms with Crippen LogP contribution < -0.4 is 10.2 Å². The number of nitrogens with one attached hydrogen (secondary N) is 2. The zero-order chi connectivity index (χ0) is 21.4. The van der Waals surface area contributed by atoms with Crippen molar-refractivity contribution in [3.8, 4) is 11.3 Å². The molecule has 158 valence electrons. The summed E-state index contributed by atoms with van der Waals surface area (Å²) in [5.74, 6) is 2.93. The van der Waals surface area contributed by atoms with Crippen LogP contribution >= 0.6 is 0 Å². The fourth-order valence-corrected chi connectivity index (χ4v) is 3.99. The highest BCUT2D eigenvalue weighted by Crippen LogP contribution is 2.36. The van der Waals surface area contributed by atoms with Gasteiger partial charge in [-0.15, -0.1) is 0 Å². The fourth-order valence-electron chi connectivity index (χ4n) is 3.99. The average Bonchev–Trinajstić information content (AvgIpc) is 3.48. The van der Waals surface area contributed by atoms with Crippen molar-refractivity contribution in [3.05, 3.63) is 59.4 Å². The largest absolute Gasteiger partial charge is 0.359 e. The van der Waals surface area contributed by atoms with Crippen LogP contribution in [-0.4, -0.2) is 36.9 Å². The van der Waals surface area contributed by atoms with Crippen molar-refractivity contribution in [2.24, 2.45) is 0 Å². The van der Waals surface area contributed by atoms with E-state index in [0.717, 1.165) is 59.3 Å². The first-order valence-corrected chi connectivity index (χ1v) is 10.4. The fraction of sp³-hybridized carbons (Fsp3) is 0.318. The highest BCUT2D eigenvalue weighted by Gasteiger charge is 2.32. The summed E-state index contributed by atoms with van der Waals surface area (Å²) in [4.78, 5) is 16.0. The van der Waals surface area contributed by atoms with Crippen LogP contribution in [0.25, 0.3) is 11.3 Å². The number of H-pyrrole nitrogens is 1. The number of nitrogens with zero attached hydrogens (tertiary/aromatic N) is 6. The van der Waals surface area contributed by atoms with Crippen LogP contribution in [-0.2, 0) is 0 Å². The summed E-state index contributed by atoms with van der Waals surface area (Å²) < 4.78 is 5.76. The van der Waals surface area contributed by atoms with Gasteiger partial charge in [-0.2, -0.15) is 10.1 Å². The van der Waals surface area contributed by atoms with E-state index in [1.165, 1.54) is 0 Å². The summed E-state index contributed by atoms with van der Waals surface area (Å²) in [6, 6.07) is 9.82. The van der Waals surface area contributed by atoms with E-state index < -0.39 is 0 Å².